The molecular weight excluding hydrogens is 238 g/mol. The van der Waals surface area contributed by atoms with Gasteiger partial charge in [-0.25, -0.2) is 0 Å². The summed E-state index contributed by atoms with van der Waals surface area (Å²) in [7, 11) is 1.64. The molecule has 0 aliphatic carbocycles. The minimum Gasteiger partial charge on any atom is -0.497 e. The van der Waals surface area contributed by atoms with Crippen LogP contribution < -0.4 is 10.5 Å². The van der Waals surface area contributed by atoms with Crippen molar-refractivity contribution in [3.8, 4) is 5.75 Å². The standard InChI is InChI=1S/C12H17NO3S/c1-16-10-4-2-9(3-5-10)8-17-7-6-11(13)12(14)15/h2-5,11H,6-8,13H2,1H3,(H,14,15). The molecule has 0 spiro atoms. The second-order valence-electron chi connectivity index (χ2n) is 3.63. The molecule has 3 N–H and O–H groups in total. The van der Waals surface area contributed by atoms with Gasteiger partial charge in [-0.2, -0.15) is 11.8 Å². The van der Waals surface area contributed by atoms with E-state index in [2.05, 4.69) is 0 Å². The van der Waals surface area contributed by atoms with Crippen LogP contribution in [0, 0.1) is 0 Å². The predicted octanol–water partition coefficient (Wildman–Crippen LogP) is 1.73. The van der Waals surface area contributed by atoms with Crippen LogP contribution in [0.1, 0.15) is 12.0 Å². The molecule has 5 heteroatoms. The average molecular weight is 255 g/mol. The Morgan fingerprint density at radius 2 is 2.12 bits per heavy atom. The molecule has 0 fully saturated rings. The fourth-order valence-electron chi connectivity index (χ4n) is 1.25. The first-order chi connectivity index (χ1) is 8.13. The van der Waals surface area contributed by atoms with Crippen LogP contribution in [0.3, 0.4) is 0 Å². The topological polar surface area (TPSA) is 72.5 Å². The number of methoxy groups -OCH3 is 1. The SMILES string of the molecule is COc1ccc(CSCCC(N)C(=O)O)cc1. The maximum Gasteiger partial charge on any atom is 0.320 e. The molecule has 0 bridgehead atoms. The minimum absolute atomic E-state index is 0.496. The van der Waals surface area contributed by atoms with Crippen molar-refractivity contribution < 1.29 is 14.6 Å². The van der Waals surface area contributed by atoms with Crippen molar-refractivity contribution in [2.75, 3.05) is 12.9 Å². The van der Waals surface area contributed by atoms with Gasteiger partial charge in [0.25, 0.3) is 0 Å². The van der Waals surface area contributed by atoms with E-state index < -0.39 is 12.0 Å². The predicted molar refractivity (Wildman–Crippen MR) is 69.4 cm³/mol. The number of hydrogen-bond acceptors (Lipinski definition) is 4. The molecule has 1 aromatic carbocycles. The lowest BCUT2D eigenvalue weighted by Crippen LogP contribution is -2.30. The molecule has 0 aliphatic heterocycles. The Morgan fingerprint density at radius 1 is 1.47 bits per heavy atom. The van der Waals surface area contributed by atoms with Gasteiger partial charge in [-0.15, -0.1) is 0 Å². The number of thioether (sulfide) groups is 1. The minimum atomic E-state index is -0.935. The van der Waals surface area contributed by atoms with Crippen LogP contribution in [-0.4, -0.2) is 30.0 Å². The molecule has 0 saturated heterocycles. The Bertz CT molecular complexity index is 353. The van der Waals surface area contributed by atoms with Gasteiger partial charge in [-0.3, -0.25) is 4.79 Å². The lowest BCUT2D eigenvalue weighted by Gasteiger charge is -2.06. The van der Waals surface area contributed by atoms with Crippen molar-refractivity contribution in [2.45, 2.75) is 18.2 Å². The van der Waals surface area contributed by atoms with Gasteiger partial charge in [-0.05, 0) is 29.9 Å². The van der Waals surface area contributed by atoms with Crippen molar-refractivity contribution >= 4 is 17.7 Å². The number of aliphatic carboxylic acids is 1. The molecule has 1 atom stereocenters. The maximum atomic E-state index is 10.5. The number of carbonyl (C=O) groups is 1. The monoisotopic (exact) mass is 255 g/mol. The second-order valence-corrected chi connectivity index (χ2v) is 4.74. The van der Waals surface area contributed by atoms with E-state index in [0.29, 0.717) is 6.42 Å². The number of hydrogen-bond donors (Lipinski definition) is 2. The Hall–Kier alpha value is -1.20. The van der Waals surface area contributed by atoms with Gasteiger partial charge in [0.1, 0.15) is 11.8 Å². The molecule has 4 nitrogen and oxygen atoms in total. The van der Waals surface area contributed by atoms with E-state index in [-0.39, 0.29) is 0 Å². The van der Waals surface area contributed by atoms with Crippen molar-refractivity contribution in [2.24, 2.45) is 5.73 Å². The van der Waals surface area contributed by atoms with Crippen LogP contribution in [-0.2, 0) is 10.5 Å². The largest absolute Gasteiger partial charge is 0.497 e. The molecule has 0 radical (unpaired) electrons. The fraction of sp³-hybridized carbons (Fsp3) is 0.417. The van der Waals surface area contributed by atoms with E-state index in [1.165, 1.54) is 5.56 Å². The van der Waals surface area contributed by atoms with E-state index in [1.807, 2.05) is 24.3 Å². The zero-order valence-corrected chi connectivity index (χ0v) is 10.6. The molecule has 1 rings (SSSR count). The Balaban J connectivity index is 2.24. The van der Waals surface area contributed by atoms with Gasteiger partial charge in [0.15, 0.2) is 0 Å². The summed E-state index contributed by atoms with van der Waals surface area (Å²) in [6, 6.07) is 7.09. The summed E-state index contributed by atoms with van der Waals surface area (Å²) in [4.78, 5) is 10.5. The summed E-state index contributed by atoms with van der Waals surface area (Å²) >= 11 is 1.68. The average Bonchev–Trinajstić information content (AvgIpc) is 2.35. The Morgan fingerprint density at radius 3 is 2.65 bits per heavy atom. The number of carboxylic acid groups (broad SMARTS) is 1. The molecule has 0 aromatic heterocycles. The van der Waals surface area contributed by atoms with E-state index in [0.717, 1.165) is 17.3 Å². The molecule has 1 aromatic rings. The van der Waals surface area contributed by atoms with Crippen LogP contribution in [0.2, 0.25) is 0 Å². The summed E-state index contributed by atoms with van der Waals surface area (Å²) in [5.74, 6) is 1.51. The number of ether oxygens (including phenoxy) is 1. The number of benzene rings is 1. The summed E-state index contributed by atoms with van der Waals surface area (Å²) in [6.45, 7) is 0. The summed E-state index contributed by atoms with van der Waals surface area (Å²) in [6.07, 6.45) is 0.496. The first-order valence-corrected chi connectivity index (χ1v) is 6.48. The Labute approximate surface area is 105 Å². The molecule has 0 saturated carbocycles. The zero-order valence-electron chi connectivity index (χ0n) is 9.76. The highest BCUT2D eigenvalue weighted by Gasteiger charge is 2.10. The third-order valence-electron chi connectivity index (χ3n) is 2.32. The lowest BCUT2D eigenvalue weighted by atomic mass is 10.2. The van der Waals surface area contributed by atoms with Gasteiger partial charge in [-0.1, -0.05) is 12.1 Å². The van der Waals surface area contributed by atoms with Gasteiger partial charge in [0.05, 0.1) is 7.11 Å². The molecular formula is C12H17NO3S. The van der Waals surface area contributed by atoms with Crippen LogP contribution in [0.4, 0.5) is 0 Å². The van der Waals surface area contributed by atoms with E-state index in [9.17, 15) is 4.79 Å². The highest BCUT2D eigenvalue weighted by molar-refractivity contribution is 7.98. The van der Waals surface area contributed by atoms with Crippen molar-refractivity contribution in [1.82, 2.24) is 0 Å². The third kappa shape index (κ3) is 5.10. The lowest BCUT2D eigenvalue weighted by molar-refractivity contribution is -0.138. The van der Waals surface area contributed by atoms with Crippen molar-refractivity contribution in [3.05, 3.63) is 29.8 Å². The van der Waals surface area contributed by atoms with Crippen LogP contribution in [0.5, 0.6) is 5.75 Å². The maximum absolute atomic E-state index is 10.5. The van der Waals surface area contributed by atoms with E-state index >= 15 is 0 Å². The highest BCUT2D eigenvalue weighted by atomic mass is 32.2. The number of carboxylic acids is 1. The van der Waals surface area contributed by atoms with E-state index in [4.69, 9.17) is 15.6 Å². The summed E-state index contributed by atoms with van der Waals surface area (Å²) in [5, 5.41) is 8.61. The third-order valence-corrected chi connectivity index (χ3v) is 3.38. The quantitative estimate of drug-likeness (QED) is 0.726. The van der Waals surface area contributed by atoms with Crippen LogP contribution >= 0.6 is 11.8 Å². The highest BCUT2D eigenvalue weighted by Crippen LogP contribution is 2.17. The van der Waals surface area contributed by atoms with Crippen LogP contribution in [0.15, 0.2) is 24.3 Å². The Kier molecular flexibility index (Phi) is 5.86. The molecule has 0 amide bonds. The van der Waals surface area contributed by atoms with Gasteiger partial charge in [0, 0.05) is 5.75 Å². The molecule has 94 valence electrons. The summed E-state index contributed by atoms with van der Waals surface area (Å²) < 4.78 is 5.06. The first kappa shape index (κ1) is 13.9. The normalized spacial score (nSPS) is 12.1. The number of nitrogens with two attached hydrogens (primary N) is 1. The van der Waals surface area contributed by atoms with Crippen molar-refractivity contribution in [1.29, 1.82) is 0 Å². The van der Waals surface area contributed by atoms with Gasteiger partial charge in [0.2, 0.25) is 0 Å². The zero-order chi connectivity index (χ0) is 12.7. The van der Waals surface area contributed by atoms with Crippen molar-refractivity contribution in [3.63, 3.8) is 0 Å². The van der Waals surface area contributed by atoms with Gasteiger partial charge >= 0.3 is 5.97 Å². The van der Waals surface area contributed by atoms with E-state index in [1.54, 1.807) is 18.9 Å². The molecule has 0 aliphatic rings. The number of rotatable bonds is 7. The summed E-state index contributed by atoms with van der Waals surface area (Å²) in [5.41, 5.74) is 6.60. The second kappa shape index (κ2) is 7.19. The fourth-order valence-corrected chi connectivity index (χ4v) is 2.24. The molecule has 1 unspecified atom stereocenters. The first-order valence-electron chi connectivity index (χ1n) is 5.32. The molecule has 0 heterocycles. The van der Waals surface area contributed by atoms with Crippen LogP contribution in [0.25, 0.3) is 0 Å². The smallest absolute Gasteiger partial charge is 0.320 e. The molecule has 17 heavy (non-hydrogen) atoms. The van der Waals surface area contributed by atoms with Gasteiger partial charge < -0.3 is 15.6 Å².